The minimum Gasteiger partial charge on any atom is -0.493 e. The summed E-state index contributed by atoms with van der Waals surface area (Å²) in [5.41, 5.74) is 2.58. The molecule has 3 N–H and O–H groups in total. The molecule has 0 aliphatic rings. The van der Waals surface area contributed by atoms with Gasteiger partial charge in [-0.15, -0.1) is 0 Å². The predicted molar refractivity (Wildman–Crippen MR) is 79.0 cm³/mol. The number of aromatic nitrogens is 2. The van der Waals surface area contributed by atoms with Crippen LogP contribution in [0.3, 0.4) is 0 Å². The number of ether oxygens (including phenoxy) is 1. The summed E-state index contributed by atoms with van der Waals surface area (Å²) in [6.07, 6.45) is 0. The predicted octanol–water partition coefficient (Wildman–Crippen LogP) is 1.62. The summed E-state index contributed by atoms with van der Waals surface area (Å²) in [6.45, 7) is 2.43. The van der Waals surface area contributed by atoms with Gasteiger partial charge < -0.3 is 4.74 Å². The topological polar surface area (TPSA) is 90.1 Å². The Morgan fingerprint density at radius 2 is 2.20 bits per heavy atom. The standard InChI is InChI=1S/C12H14N4O2S2/c1-8-14-12(20-16-8)19-7-6-18-10-4-2-9(3-5-10)11(17)15-13/h2-5H,6-7,13H2,1H3,(H,15,17). The molecule has 1 amide bonds. The Morgan fingerprint density at radius 3 is 2.80 bits per heavy atom. The second-order valence-electron chi connectivity index (χ2n) is 3.80. The molecule has 8 heteroatoms. The minimum atomic E-state index is -0.321. The lowest BCUT2D eigenvalue weighted by molar-refractivity contribution is 0.0953. The van der Waals surface area contributed by atoms with E-state index in [1.165, 1.54) is 11.5 Å². The molecule has 0 atom stereocenters. The number of nitrogen functional groups attached to an aromatic ring is 1. The lowest BCUT2D eigenvalue weighted by Gasteiger charge is -2.06. The van der Waals surface area contributed by atoms with Crippen molar-refractivity contribution in [3.8, 4) is 5.75 Å². The van der Waals surface area contributed by atoms with Gasteiger partial charge in [0.05, 0.1) is 6.61 Å². The van der Waals surface area contributed by atoms with Crippen molar-refractivity contribution in [3.05, 3.63) is 35.7 Å². The first kappa shape index (κ1) is 14.8. The van der Waals surface area contributed by atoms with Crippen molar-refractivity contribution in [2.24, 2.45) is 5.84 Å². The van der Waals surface area contributed by atoms with Gasteiger partial charge in [-0.2, -0.15) is 4.37 Å². The lowest BCUT2D eigenvalue weighted by atomic mass is 10.2. The molecule has 20 heavy (non-hydrogen) atoms. The van der Waals surface area contributed by atoms with E-state index in [-0.39, 0.29) is 5.91 Å². The molecule has 1 aromatic carbocycles. The van der Waals surface area contributed by atoms with Crippen molar-refractivity contribution < 1.29 is 9.53 Å². The summed E-state index contributed by atoms with van der Waals surface area (Å²) in [7, 11) is 0. The smallest absolute Gasteiger partial charge is 0.265 e. The van der Waals surface area contributed by atoms with E-state index in [1.54, 1.807) is 36.0 Å². The molecule has 0 saturated carbocycles. The maximum absolute atomic E-state index is 11.3. The van der Waals surface area contributed by atoms with Crippen LogP contribution in [0.2, 0.25) is 0 Å². The van der Waals surface area contributed by atoms with Crippen LogP contribution < -0.4 is 16.0 Å². The molecule has 0 unspecified atom stereocenters. The molecule has 1 heterocycles. The second kappa shape index (κ2) is 7.22. The quantitative estimate of drug-likeness (QED) is 0.277. The summed E-state index contributed by atoms with van der Waals surface area (Å²) < 4.78 is 10.6. The molecular formula is C12H14N4O2S2. The largest absolute Gasteiger partial charge is 0.493 e. The highest BCUT2D eigenvalue weighted by Gasteiger charge is 2.04. The van der Waals surface area contributed by atoms with Gasteiger partial charge >= 0.3 is 0 Å². The third-order valence-corrected chi connectivity index (χ3v) is 4.22. The van der Waals surface area contributed by atoms with Gasteiger partial charge in [0.15, 0.2) is 4.34 Å². The molecular weight excluding hydrogens is 296 g/mol. The van der Waals surface area contributed by atoms with Crippen LogP contribution in [0.4, 0.5) is 0 Å². The van der Waals surface area contributed by atoms with Gasteiger partial charge in [-0.3, -0.25) is 10.2 Å². The first-order valence-electron chi connectivity index (χ1n) is 5.86. The second-order valence-corrected chi connectivity index (χ2v) is 5.90. The zero-order chi connectivity index (χ0) is 14.4. The monoisotopic (exact) mass is 310 g/mol. The molecule has 0 saturated heterocycles. The van der Waals surface area contributed by atoms with Crippen LogP contribution in [0.25, 0.3) is 0 Å². The van der Waals surface area contributed by atoms with Gasteiger partial charge in [0, 0.05) is 11.3 Å². The summed E-state index contributed by atoms with van der Waals surface area (Å²) in [4.78, 5) is 15.5. The molecule has 0 aliphatic carbocycles. The minimum absolute atomic E-state index is 0.321. The molecule has 2 rings (SSSR count). The van der Waals surface area contributed by atoms with Gasteiger partial charge in [0.25, 0.3) is 5.91 Å². The van der Waals surface area contributed by atoms with Gasteiger partial charge in [0.2, 0.25) is 0 Å². The lowest BCUT2D eigenvalue weighted by Crippen LogP contribution is -2.29. The molecule has 106 valence electrons. The Labute approximate surface area is 124 Å². The first-order chi connectivity index (χ1) is 9.69. The number of nitrogens with two attached hydrogens (primary N) is 1. The van der Waals surface area contributed by atoms with E-state index in [2.05, 4.69) is 14.8 Å². The number of rotatable bonds is 6. The number of carbonyl (C=O) groups excluding carboxylic acids is 1. The van der Waals surface area contributed by atoms with Crippen LogP contribution in [-0.4, -0.2) is 27.6 Å². The average molecular weight is 310 g/mol. The van der Waals surface area contributed by atoms with E-state index >= 15 is 0 Å². The average Bonchev–Trinajstić information content (AvgIpc) is 2.89. The van der Waals surface area contributed by atoms with E-state index in [0.717, 1.165) is 15.9 Å². The first-order valence-corrected chi connectivity index (χ1v) is 7.62. The molecule has 0 aliphatic heterocycles. The SMILES string of the molecule is Cc1nsc(SCCOc2ccc(C(=O)NN)cc2)n1. The maximum atomic E-state index is 11.3. The zero-order valence-electron chi connectivity index (χ0n) is 10.8. The number of thioether (sulfide) groups is 1. The van der Waals surface area contributed by atoms with Crippen LogP contribution in [0.1, 0.15) is 16.2 Å². The third-order valence-electron chi connectivity index (χ3n) is 2.33. The summed E-state index contributed by atoms with van der Waals surface area (Å²) >= 11 is 3.00. The van der Waals surface area contributed by atoms with Gasteiger partial charge in [-0.1, -0.05) is 11.8 Å². The number of aryl methyl sites for hydroxylation is 1. The van der Waals surface area contributed by atoms with Crippen LogP contribution in [0.15, 0.2) is 28.6 Å². The van der Waals surface area contributed by atoms with Crippen LogP contribution in [-0.2, 0) is 0 Å². The fourth-order valence-electron chi connectivity index (χ4n) is 1.41. The number of carbonyl (C=O) groups is 1. The Hall–Kier alpha value is -1.64. The van der Waals surface area contributed by atoms with Crippen molar-refractivity contribution in [2.75, 3.05) is 12.4 Å². The van der Waals surface area contributed by atoms with Gasteiger partial charge in [-0.05, 0) is 42.7 Å². The molecule has 0 radical (unpaired) electrons. The van der Waals surface area contributed by atoms with Crippen LogP contribution in [0.5, 0.6) is 5.75 Å². The number of hydrazine groups is 1. The molecule has 0 fully saturated rings. The summed E-state index contributed by atoms with van der Waals surface area (Å²) in [5, 5.41) is 0. The molecule has 2 aromatic rings. The molecule has 6 nitrogen and oxygen atoms in total. The van der Waals surface area contributed by atoms with E-state index in [4.69, 9.17) is 10.6 Å². The molecule has 0 spiro atoms. The van der Waals surface area contributed by atoms with Crippen molar-refractivity contribution in [1.82, 2.24) is 14.8 Å². The highest BCUT2D eigenvalue weighted by molar-refractivity contribution is 8.00. The fraction of sp³-hybridized carbons (Fsp3) is 0.250. The van der Waals surface area contributed by atoms with Crippen molar-refractivity contribution >= 4 is 29.2 Å². The summed E-state index contributed by atoms with van der Waals surface area (Å²) in [5.74, 6) is 7.04. The van der Waals surface area contributed by atoms with Gasteiger partial charge in [-0.25, -0.2) is 10.8 Å². The van der Waals surface area contributed by atoms with Crippen molar-refractivity contribution in [1.29, 1.82) is 0 Å². The Kier molecular flexibility index (Phi) is 5.33. The fourth-order valence-corrected chi connectivity index (χ4v) is 2.95. The van der Waals surface area contributed by atoms with Gasteiger partial charge in [0.1, 0.15) is 11.6 Å². The zero-order valence-corrected chi connectivity index (χ0v) is 12.5. The Bertz CT molecular complexity index is 571. The Morgan fingerprint density at radius 1 is 1.45 bits per heavy atom. The van der Waals surface area contributed by atoms with E-state index in [9.17, 15) is 4.79 Å². The van der Waals surface area contributed by atoms with Crippen LogP contribution in [0, 0.1) is 6.92 Å². The maximum Gasteiger partial charge on any atom is 0.265 e. The molecule has 1 aromatic heterocycles. The highest BCUT2D eigenvalue weighted by atomic mass is 32.2. The Balaban J connectivity index is 1.75. The van der Waals surface area contributed by atoms with E-state index in [0.29, 0.717) is 17.9 Å². The number of nitrogens with one attached hydrogen (secondary N) is 1. The number of hydrogen-bond donors (Lipinski definition) is 2. The van der Waals surface area contributed by atoms with E-state index < -0.39 is 0 Å². The molecule has 0 bridgehead atoms. The summed E-state index contributed by atoms with van der Waals surface area (Å²) in [6, 6.07) is 6.81. The van der Waals surface area contributed by atoms with Crippen LogP contribution >= 0.6 is 23.3 Å². The number of nitrogens with zero attached hydrogens (tertiary/aromatic N) is 2. The van der Waals surface area contributed by atoms with Crippen molar-refractivity contribution in [3.63, 3.8) is 0 Å². The third kappa shape index (κ3) is 4.19. The number of benzene rings is 1. The van der Waals surface area contributed by atoms with Crippen molar-refractivity contribution in [2.45, 2.75) is 11.3 Å². The number of hydrogen-bond acceptors (Lipinski definition) is 7. The van der Waals surface area contributed by atoms with E-state index in [1.807, 2.05) is 6.92 Å². The highest BCUT2D eigenvalue weighted by Crippen LogP contribution is 2.20. The normalized spacial score (nSPS) is 10.3. The number of amides is 1.